The predicted octanol–water partition coefficient (Wildman–Crippen LogP) is 1.46. The molecule has 1 amide bonds. The molecule has 0 aliphatic carbocycles. The first-order chi connectivity index (χ1) is 8.01. The fourth-order valence-corrected chi connectivity index (χ4v) is 1.72. The normalized spacial score (nSPS) is 12.3. The van der Waals surface area contributed by atoms with Crippen molar-refractivity contribution in [2.24, 2.45) is 10.6 Å². The quantitative estimate of drug-likeness (QED) is 0.855. The fourth-order valence-electron chi connectivity index (χ4n) is 1.13. The van der Waals surface area contributed by atoms with Gasteiger partial charge in [-0.2, -0.15) is 0 Å². The van der Waals surface area contributed by atoms with Crippen molar-refractivity contribution in [3.8, 4) is 0 Å². The third kappa shape index (κ3) is 3.51. The van der Waals surface area contributed by atoms with Gasteiger partial charge >= 0.3 is 0 Å². The number of nitrogens with one attached hydrogen (secondary N) is 1. The molecule has 7 heteroatoms. The van der Waals surface area contributed by atoms with E-state index in [-0.39, 0.29) is 11.6 Å². The number of rotatable bonds is 2. The van der Waals surface area contributed by atoms with E-state index in [1.54, 1.807) is 20.8 Å². The zero-order chi connectivity index (χ0) is 14.1. The van der Waals surface area contributed by atoms with Gasteiger partial charge in [-0.05, 0) is 18.2 Å². The molecule has 0 saturated carbocycles. The Morgan fingerprint density at radius 3 is 2.28 bits per heavy atom. The molecule has 3 N–H and O–H groups in total. The number of carbonyl (C=O) groups excluding carboxylic acids is 1. The summed E-state index contributed by atoms with van der Waals surface area (Å²) in [5, 5.41) is 7.31. The van der Waals surface area contributed by atoms with Crippen molar-refractivity contribution in [2.45, 2.75) is 25.7 Å². The van der Waals surface area contributed by atoms with Crippen LogP contribution >= 0.6 is 0 Å². The summed E-state index contributed by atoms with van der Waals surface area (Å²) in [6.07, 6.45) is 0. The van der Waals surface area contributed by atoms with Gasteiger partial charge in [0.25, 0.3) is 0 Å². The Balaban J connectivity index is 3.04. The zero-order valence-electron chi connectivity index (χ0n) is 10.3. The van der Waals surface area contributed by atoms with Crippen molar-refractivity contribution < 1.29 is 17.6 Å². The molecule has 0 aliphatic rings. The van der Waals surface area contributed by atoms with Crippen molar-refractivity contribution in [2.75, 3.05) is 5.32 Å². The first-order valence-corrected chi connectivity index (χ1v) is 6.70. The van der Waals surface area contributed by atoms with Crippen molar-refractivity contribution in [1.29, 1.82) is 0 Å². The SMILES string of the molecule is CC(C)(C)C(=O)Nc1ccc(S(N)(=O)=O)c(F)c1. The van der Waals surface area contributed by atoms with E-state index in [2.05, 4.69) is 5.32 Å². The van der Waals surface area contributed by atoms with Crippen LogP contribution < -0.4 is 10.5 Å². The number of halogens is 1. The minimum Gasteiger partial charge on any atom is -0.326 e. The topological polar surface area (TPSA) is 89.3 Å². The van der Waals surface area contributed by atoms with Crippen LogP contribution in [0.2, 0.25) is 0 Å². The Hall–Kier alpha value is -1.47. The van der Waals surface area contributed by atoms with Crippen LogP contribution in [-0.4, -0.2) is 14.3 Å². The molecule has 100 valence electrons. The van der Waals surface area contributed by atoms with E-state index < -0.39 is 26.2 Å². The molecule has 0 bridgehead atoms. The van der Waals surface area contributed by atoms with Gasteiger partial charge in [0.1, 0.15) is 10.7 Å². The summed E-state index contributed by atoms with van der Waals surface area (Å²) in [5.41, 5.74) is -0.449. The van der Waals surface area contributed by atoms with Crippen LogP contribution in [0.25, 0.3) is 0 Å². The lowest BCUT2D eigenvalue weighted by Crippen LogP contribution is -2.27. The number of benzene rings is 1. The van der Waals surface area contributed by atoms with Crippen LogP contribution in [0.1, 0.15) is 20.8 Å². The second-order valence-electron chi connectivity index (χ2n) is 4.89. The number of primary sulfonamides is 1. The predicted molar refractivity (Wildman–Crippen MR) is 65.9 cm³/mol. The lowest BCUT2D eigenvalue weighted by molar-refractivity contribution is -0.123. The molecule has 0 aromatic heterocycles. The molecular weight excluding hydrogens is 259 g/mol. The van der Waals surface area contributed by atoms with Gasteiger partial charge in [0.2, 0.25) is 15.9 Å². The highest BCUT2D eigenvalue weighted by Crippen LogP contribution is 2.21. The molecule has 0 heterocycles. The third-order valence-electron chi connectivity index (χ3n) is 2.18. The highest BCUT2D eigenvalue weighted by molar-refractivity contribution is 7.89. The minimum absolute atomic E-state index is 0.180. The third-order valence-corrected chi connectivity index (χ3v) is 3.12. The summed E-state index contributed by atoms with van der Waals surface area (Å²) in [5.74, 6) is -1.30. The molecular formula is C11H15FN2O3S. The molecule has 0 spiro atoms. The van der Waals surface area contributed by atoms with Crippen molar-refractivity contribution in [3.05, 3.63) is 24.0 Å². The number of carbonyl (C=O) groups is 1. The van der Waals surface area contributed by atoms with Crippen LogP contribution in [0.4, 0.5) is 10.1 Å². The van der Waals surface area contributed by atoms with E-state index in [0.717, 1.165) is 12.1 Å². The smallest absolute Gasteiger partial charge is 0.240 e. The van der Waals surface area contributed by atoms with Crippen LogP contribution in [0.15, 0.2) is 23.1 Å². The molecule has 1 rings (SSSR count). The molecule has 0 radical (unpaired) electrons. The van der Waals surface area contributed by atoms with Gasteiger partial charge in [-0.15, -0.1) is 0 Å². The van der Waals surface area contributed by atoms with E-state index >= 15 is 0 Å². The standard InChI is InChI=1S/C11H15FN2O3S/c1-11(2,3)10(15)14-7-4-5-9(8(12)6-7)18(13,16)17/h4-6H,1-3H3,(H,14,15)(H2,13,16,17). The van der Waals surface area contributed by atoms with Gasteiger partial charge < -0.3 is 5.32 Å². The maximum absolute atomic E-state index is 13.5. The second-order valence-corrected chi connectivity index (χ2v) is 6.42. The van der Waals surface area contributed by atoms with E-state index in [4.69, 9.17) is 5.14 Å². The van der Waals surface area contributed by atoms with E-state index in [1.165, 1.54) is 6.07 Å². The number of hydrogen-bond acceptors (Lipinski definition) is 3. The van der Waals surface area contributed by atoms with Gasteiger partial charge in [-0.25, -0.2) is 17.9 Å². The van der Waals surface area contributed by atoms with Gasteiger partial charge in [0.15, 0.2) is 0 Å². The molecule has 0 unspecified atom stereocenters. The number of nitrogens with two attached hydrogens (primary N) is 1. The molecule has 18 heavy (non-hydrogen) atoms. The van der Waals surface area contributed by atoms with E-state index in [0.29, 0.717) is 0 Å². The number of anilines is 1. The summed E-state index contributed by atoms with van der Waals surface area (Å²) < 4.78 is 35.5. The monoisotopic (exact) mass is 274 g/mol. The molecule has 0 saturated heterocycles. The first-order valence-electron chi connectivity index (χ1n) is 5.15. The summed E-state index contributed by atoms with van der Waals surface area (Å²) in [6.45, 7) is 5.12. The maximum atomic E-state index is 13.5. The summed E-state index contributed by atoms with van der Waals surface area (Å²) in [7, 11) is -4.09. The van der Waals surface area contributed by atoms with E-state index in [1.807, 2.05) is 0 Å². The summed E-state index contributed by atoms with van der Waals surface area (Å²) in [6, 6.07) is 3.22. The average molecular weight is 274 g/mol. The maximum Gasteiger partial charge on any atom is 0.240 e. The van der Waals surface area contributed by atoms with Gasteiger partial charge in [0.05, 0.1) is 0 Å². The molecule has 1 aromatic carbocycles. The summed E-state index contributed by atoms with van der Waals surface area (Å²) >= 11 is 0. The van der Waals surface area contributed by atoms with Gasteiger partial charge in [0, 0.05) is 11.1 Å². The molecule has 5 nitrogen and oxygen atoms in total. The lowest BCUT2D eigenvalue weighted by atomic mass is 9.95. The molecule has 0 aliphatic heterocycles. The van der Waals surface area contributed by atoms with Crippen LogP contribution in [-0.2, 0) is 14.8 Å². The van der Waals surface area contributed by atoms with Crippen LogP contribution in [0.3, 0.4) is 0 Å². The highest BCUT2D eigenvalue weighted by Gasteiger charge is 2.22. The Morgan fingerprint density at radius 2 is 1.89 bits per heavy atom. The Morgan fingerprint density at radius 1 is 1.33 bits per heavy atom. The second kappa shape index (κ2) is 4.66. The largest absolute Gasteiger partial charge is 0.326 e. The van der Waals surface area contributed by atoms with Crippen molar-refractivity contribution in [1.82, 2.24) is 0 Å². The molecule has 0 fully saturated rings. The van der Waals surface area contributed by atoms with Gasteiger partial charge in [-0.3, -0.25) is 4.79 Å². The zero-order valence-corrected chi connectivity index (χ0v) is 11.1. The molecule has 1 aromatic rings. The first kappa shape index (κ1) is 14.6. The number of sulfonamides is 1. The van der Waals surface area contributed by atoms with E-state index in [9.17, 15) is 17.6 Å². The number of hydrogen-bond donors (Lipinski definition) is 2. The Kier molecular flexibility index (Phi) is 3.78. The number of amides is 1. The van der Waals surface area contributed by atoms with Crippen molar-refractivity contribution in [3.63, 3.8) is 0 Å². The van der Waals surface area contributed by atoms with Crippen LogP contribution in [0, 0.1) is 11.2 Å². The summed E-state index contributed by atoms with van der Waals surface area (Å²) in [4.78, 5) is 11.0. The van der Waals surface area contributed by atoms with Crippen molar-refractivity contribution >= 4 is 21.6 Å². The fraction of sp³-hybridized carbons (Fsp3) is 0.364. The van der Waals surface area contributed by atoms with Gasteiger partial charge in [-0.1, -0.05) is 20.8 Å². The Labute approximate surface area is 105 Å². The highest BCUT2D eigenvalue weighted by atomic mass is 32.2. The van der Waals surface area contributed by atoms with Crippen LogP contribution in [0.5, 0.6) is 0 Å². The lowest BCUT2D eigenvalue weighted by Gasteiger charge is -2.17. The average Bonchev–Trinajstić information content (AvgIpc) is 2.13. The molecule has 0 atom stereocenters. The Bertz CT molecular complexity index is 576. The minimum atomic E-state index is -4.09.